The topological polar surface area (TPSA) is 96.8 Å². The van der Waals surface area contributed by atoms with Crippen LogP contribution in [0.1, 0.15) is 31.1 Å². The fourth-order valence-electron chi connectivity index (χ4n) is 2.99. The largest absolute Gasteiger partial charge is 0.504 e. The number of rotatable bonds is 2. The minimum atomic E-state index is -0.877. The molecule has 0 bridgehead atoms. The van der Waals surface area contributed by atoms with E-state index in [0.29, 0.717) is 0 Å². The molecule has 27 heavy (non-hydrogen) atoms. The molecule has 7 nitrogen and oxygen atoms in total. The van der Waals surface area contributed by atoms with Crippen molar-refractivity contribution in [2.45, 2.75) is 0 Å². The first-order valence-corrected chi connectivity index (χ1v) is 7.81. The molecule has 1 aliphatic heterocycles. The molecule has 4 rings (SSSR count). The first-order valence-electron chi connectivity index (χ1n) is 7.81. The Morgan fingerprint density at radius 1 is 1.11 bits per heavy atom. The summed E-state index contributed by atoms with van der Waals surface area (Å²) < 4.78 is 18.7. The van der Waals surface area contributed by atoms with Gasteiger partial charge in [0.1, 0.15) is 5.82 Å². The molecule has 8 heteroatoms. The highest BCUT2D eigenvalue weighted by atomic mass is 19.1. The molecule has 134 valence electrons. The van der Waals surface area contributed by atoms with E-state index in [4.69, 9.17) is 0 Å². The van der Waals surface area contributed by atoms with E-state index in [1.165, 1.54) is 24.3 Å². The molecule has 0 saturated carbocycles. The molecular weight excluding hydrogens is 355 g/mol. The monoisotopic (exact) mass is 366 g/mol. The standard InChI is InChI=1S/C19H11FN2O5/c1-27-19(26)12-6-9-7-15(23)16(21-14(9)8-13(12)20)22-17(24)10-4-2-3-5-11(10)18(22)25/h2-8,23H,1H3. The number of carbonyl (C=O) groups excluding carboxylic acids is 3. The lowest BCUT2D eigenvalue weighted by Crippen LogP contribution is -2.30. The third-order valence-electron chi connectivity index (χ3n) is 4.28. The lowest BCUT2D eigenvalue weighted by molar-refractivity contribution is 0.0595. The van der Waals surface area contributed by atoms with Crippen molar-refractivity contribution in [1.29, 1.82) is 0 Å². The number of halogens is 1. The average molecular weight is 366 g/mol. The smallest absolute Gasteiger partial charge is 0.340 e. The van der Waals surface area contributed by atoms with Crippen LogP contribution in [-0.2, 0) is 4.74 Å². The number of aromatic nitrogens is 1. The maximum Gasteiger partial charge on any atom is 0.340 e. The Labute approximate surface area is 151 Å². The van der Waals surface area contributed by atoms with Crippen LogP contribution in [0.4, 0.5) is 10.2 Å². The minimum Gasteiger partial charge on any atom is -0.504 e. The number of pyridine rings is 1. The van der Waals surface area contributed by atoms with Crippen molar-refractivity contribution in [3.8, 4) is 5.75 Å². The molecular formula is C19H11FN2O5. The summed E-state index contributed by atoms with van der Waals surface area (Å²) in [6, 6.07) is 9.58. The van der Waals surface area contributed by atoms with Crippen molar-refractivity contribution >= 4 is 34.5 Å². The number of hydrogen-bond acceptors (Lipinski definition) is 6. The molecule has 3 aromatic rings. The zero-order valence-electron chi connectivity index (χ0n) is 13.9. The molecule has 0 spiro atoms. The van der Waals surface area contributed by atoms with E-state index in [-0.39, 0.29) is 33.4 Å². The van der Waals surface area contributed by atoms with Gasteiger partial charge in [0.15, 0.2) is 11.6 Å². The second-order valence-electron chi connectivity index (χ2n) is 5.84. The van der Waals surface area contributed by atoms with Gasteiger partial charge in [0.25, 0.3) is 11.8 Å². The van der Waals surface area contributed by atoms with E-state index >= 15 is 0 Å². The second-order valence-corrected chi connectivity index (χ2v) is 5.84. The zero-order chi connectivity index (χ0) is 19.3. The highest BCUT2D eigenvalue weighted by Crippen LogP contribution is 2.35. The van der Waals surface area contributed by atoms with Gasteiger partial charge in [-0.1, -0.05) is 12.1 Å². The Morgan fingerprint density at radius 3 is 2.33 bits per heavy atom. The number of fused-ring (bicyclic) bond motifs is 2. The van der Waals surface area contributed by atoms with Crippen LogP contribution in [0.25, 0.3) is 10.9 Å². The van der Waals surface area contributed by atoms with Crippen LogP contribution in [0.3, 0.4) is 0 Å². The normalized spacial score (nSPS) is 13.2. The molecule has 1 N–H and O–H groups in total. The molecule has 1 aromatic heterocycles. The summed E-state index contributed by atoms with van der Waals surface area (Å²) in [6.07, 6.45) is 0. The van der Waals surface area contributed by atoms with Crippen molar-refractivity contribution < 1.29 is 28.6 Å². The van der Waals surface area contributed by atoms with Gasteiger partial charge in [-0.05, 0) is 24.3 Å². The number of esters is 1. The number of nitrogens with zero attached hydrogens (tertiary/aromatic N) is 2. The number of benzene rings is 2. The van der Waals surface area contributed by atoms with E-state index in [0.717, 1.165) is 18.1 Å². The third-order valence-corrected chi connectivity index (χ3v) is 4.28. The third kappa shape index (κ3) is 2.42. The Bertz CT molecular complexity index is 1120. The number of anilines is 1. The van der Waals surface area contributed by atoms with Crippen LogP contribution >= 0.6 is 0 Å². The lowest BCUT2D eigenvalue weighted by atomic mass is 10.1. The molecule has 2 aromatic carbocycles. The molecule has 0 unspecified atom stereocenters. The summed E-state index contributed by atoms with van der Waals surface area (Å²) in [6.45, 7) is 0. The average Bonchev–Trinajstić information content (AvgIpc) is 2.91. The number of imide groups is 1. The number of ether oxygens (including phenoxy) is 1. The van der Waals surface area contributed by atoms with Crippen LogP contribution in [0.5, 0.6) is 5.75 Å². The highest BCUT2D eigenvalue weighted by molar-refractivity contribution is 6.34. The maximum atomic E-state index is 14.2. The first-order chi connectivity index (χ1) is 12.9. The van der Waals surface area contributed by atoms with E-state index in [1.807, 2.05) is 0 Å². The van der Waals surface area contributed by atoms with Gasteiger partial charge in [-0.15, -0.1) is 0 Å². The molecule has 0 aliphatic carbocycles. The van der Waals surface area contributed by atoms with E-state index in [9.17, 15) is 23.9 Å². The highest BCUT2D eigenvalue weighted by Gasteiger charge is 2.38. The number of hydrogen-bond donors (Lipinski definition) is 1. The van der Waals surface area contributed by atoms with Gasteiger partial charge >= 0.3 is 5.97 Å². The van der Waals surface area contributed by atoms with Gasteiger partial charge in [-0.25, -0.2) is 19.1 Å². The molecule has 0 radical (unpaired) electrons. The second kappa shape index (κ2) is 5.87. The van der Waals surface area contributed by atoms with E-state index in [1.54, 1.807) is 12.1 Å². The molecule has 2 amide bonds. The van der Waals surface area contributed by atoms with Crippen LogP contribution in [-0.4, -0.2) is 35.0 Å². The summed E-state index contributed by atoms with van der Waals surface area (Å²) in [7, 11) is 1.12. The van der Waals surface area contributed by atoms with Gasteiger partial charge in [0.05, 0.1) is 29.3 Å². The Hall–Kier alpha value is -3.81. The predicted molar refractivity (Wildman–Crippen MR) is 92.3 cm³/mol. The van der Waals surface area contributed by atoms with Gasteiger partial charge < -0.3 is 9.84 Å². The summed E-state index contributed by atoms with van der Waals surface area (Å²) in [5, 5.41) is 10.6. The number of aromatic hydroxyl groups is 1. The van der Waals surface area contributed by atoms with Crippen LogP contribution < -0.4 is 4.90 Å². The predicted octanol–water partition coefficient (Wildman–Crippen LogP) is 2.67. The van der Waals surface area contributed by atoms with Crippen molar-refractivity contribution in [1.82, 2.24) is 4.98 Å². The molecule has 1 aliphatic rings. The van der Waals surface area contributed by atoms with Crippen molar-refractivity contribution in [2.24, 2.45) is 0 Å². The van der Waals surface area contributed by atoms with E-state index < -0.39 is 29.4 Å². The molecule has 0 fully saturated rings. The van der Waals surface area contributed by atoms with Crippen LogP contribution in [0, 0.1) is 5.82 Å². The van der Waals surface area contributed by atoms with Crippen LogP contribution in [0.15, 0.2) is 42.5 Å². The fourth-order valence-corrected chi connectivity index (χ4v) is 2.99. The summed E-state index contributed by atoms with van der Waals surface area (Å²) >= 11 is 0. The first kappa shape index (κ1) is 16.6. The number of amides is 2. The number of carbonyl (C=O) groups is 3. The zero-order valence-corrected chi connectivity index (χ0v) is 13.9. The van der Waals surface area contributed by atoms with Crippen molar-refractivity contribution in [3.05, 3.63) is 65.0 Å². The summed E-state index contributed by atoms with van der Waals surface area (Å²) in [5.41, 5.74) is 0.122. The van der Waals surface area contributed by atoms with Crippen LogP contribution in [0.2, 0.25) is 0 Å². The fraction of sp³-hybridized carbons (Fsp3) is 0.0526. The SMILES string of the molecule is COC(=O)c1cc2cc(O)c(N3C(=O)c4ccccc4C3=O)nc2cc1F. The van der Waals surface area contributed by atoms with Crippen molar-refractivity contribution in [3.63, 3.8) is 0 Å². The van der Waals surface area contributed by atoms with Gasteiger partial charge in [0.2, 0.25) is 0 Å². The maximum absolute atomic E-state index is 14.2. The Balaban J connectivity index is 1.87. The molecule has 0 saturated heterocycles. The van der Waals surface area contributed by atoms with Crippen molar-refractivity contribution in [2.75, 3.05) is 12.0 Å². The lowest BCUT2D eigenvalue weighted by Gasteiger charge is -2.15. The quantitative estimate of drug-likeness (QED) is 0.553. The Kier molecular flexibility index (Phi) is 3.62. The minimum absolute atomic E-state index is 0.0597. The number of methoxy groups -OCH3 is 1. The van der Waals surface area contributed by atoms with Gasteiger partial charge in [-0.2, -0.15) is 0 Å². The Morgan fingerprint density at radius 2 is 1.74 bits per heavy atom. The van der Waals surface area contributed by atoms with Gasteiger partial charge in [-0.3, -0.25) is 9.59 Å². The molecule has 2 heterocycles. The summed E-state index contributed by atoms with van der Waals surface area (Å²) in [4.78, 5) is 41.5. The van der Waals surface area contributed by atoms with E-state index in [2.05, 4.69) is 9.72 Å². The summed E-state index contributed by atoms with van der Waals surface area (Å²) in [5.74, 6) is -3.79. The molecule has 0 atom stereocenters. The van der Waals surface area contributed by atoms with Gasteiger partial charge in [0, 0.05) is 11.5 Å².